The Kier molecular flexibility index (Phi) is 15.8. The summed E-state index contributed by atoms with van der Waals surface area (Å²) in [6.07, 6.45) is 4.33. The standard InChI is InChI=1S/2C11H13N.C4H9N3O2S.C3H6O.2CH4/c2*1-8-7-10-5-3-4-6-11(10)12-9(8)2;1-2-3-4(5)7-10(8,9)6-3;1-2-3-4;;/h2*3-6,12H,7H2,1-2H3;3,6H,2H2,1H3,(H2,5,7);3H,2H2,1H3;2*1H4. The molecule has 0 spiro atoms. The minimum absolute atomic E-state index is 0. The zero-order valence-electron chi connectivity index (χ0n) is 23.3. The lowest BCUT2D eigenvalue weighted by Crippen LogP contribution is -2.35. The van der Waals surface area contributed by atoms with Crippen molar-refractivity contribution in [2.45, 2.75) is 88.1 Å². The van der Waals surface area contributed by atoms with Crippen molar-refractivity contribution < 1.29 is 13.2 Å². The van der Waals surface area contributed by atoms with Gasteiger partial charge in [-0.3, -0.25) is 0 Å². The molecule has 9 heteroatoms. The Morgan fingerprint density at radius 3 is 1.55 bits per heavy atom. The van der Waals surface area contributed by atoms with Crippen LogP contribution < -0.4 is 21.1 Å². The van der Waals surface area contributed by atoms with Crippen LogP contribution in [0.5, 0.6) is 0 Å². The number of amidine groups is 1. The lowest BCUT2D eigenvalue weighted by atomic mass is 9.99. The lowest BCUT2D eigenvalue weighted by Gasteiger charge is -2.20. The molecule has 0 radical (unpaired) electrons. The molecule has 0 saturated heterocycles. The summed E-state index contributed by atoms with van der Waals surface area (Å²) in [5.41, 5.74) is 16.1. The molecule has 0 aliphatic carbocycles. The molecule has 3 aliphatic rings. The first-order chi connectivity index (χ1) is 18.0. The van der Waals surface area contributed by atoms with Gasteiger partial charge in [-0.15, -0.1) is 4.40 Å². The van der Waals surface area contributed by atoms with Gasteiger partial charge in [-0.2, -0.15) is 13.1 Å². The molecule has 5 N–H and O–H groups in total. The van der Waals surface area contributed by atoms with Crippen molar-refractivity contribution in [3.05, 3.63) is 82.2 Å². The fourth-order valence-electron chi connectivity index (χ4n) is 3.81. The van der Waals surface area contributed by atoms with Crippen molar-refractivity contribution in [3.63, 3.8) is 0 Å². The van der Waals surface area contributed by atoms with E-state index in [1.165, 1.54) is 45.0 Å². The summed E-state index contributed by atoms with van der Waals surface area (Å²) in [7, 11) is -3.44. The predicted molar refractivity (Wildman–Crippen MR) is 172 cm³/mol. The molecular formula is C31H49N5O3S. The number of allylic oxidation sites excluding steroid dienone is 4. The van der Waals surface area contributed by atoms with Crippen molar-refractivity contribution >= 4 is 33.7 Å². The Morgan fingerprint density at radius 1 is 0.850 bits per heavy atom. The number of nitrogens with one attached hydrogen (secondary N) is 3. The third-order valence-corrected chi connectivity index (χ3v) is 7.35. The number of carbonyl (C=O) groups is 1. The molecule has 3 aliphatic heterocycles. The molecule has 0 bridgehead atoms. The first kappa shape index (κ1) is 36.6. The van der Waals surface area contributed by atoms with Crippen molar-refractivity contribution in [2.75, 3.05) is 10.6 Å². The van der Waals surface area contributed by atoms with E-state index in [4.69, 9.17) is 5.73 Å². The van der Waals surface area contributed by atoms with Gasteiger partial charge >= 0.3 is 10.2 Å². The molecule has 2 aromatic carbocycles. The monoisotopic (exact) mass is 571 g/mol. The number of hydrogen-bond donors (Lipinski definition) is 4. The van der Waals surface area contributed by atoms with E-state index in [0.717, 1.165) is 19.1 Å². The maximum Gasteiger partial charge on any atom is 0.322 e. The number of carbonyl (C=O) groups excluding carboxylic acids is 1. The van der Waals surface area contributed by atoms with Crippen molar-refractivity contribution in [3.8, 4) is 0 Å². The number of rotatable bonds is 2. The van der Waals surface area contributed by atoms with Crippen LogP contribution in [0.3, 0.4) is 0 Å². The minimum Gasteiger partial charge on any atom is -0.385 e. The van der Waals surface area contributed by atoms with Crippen molar-refractivity contribution in [1.82, 2.24) is 4.72 Å². The Labute approximate surface area is 242 Å². The van der Waals surface area contributed by atoms with Gasteiger partial charge in [0.1, 0.15) is 12.1 Å². The van der Waals surface area contributed by atoms with Gasteiger partial charge in [-0.05, 0) is 81.4 Å². The highest BCUT2D eigenvalue weighted by Crippen LogP contribution is 2.27. The summed E-state index contributed by atoms with van der Waals surface area (Å²) in [5, 5.41) is 6.78. The Hall–Kier alpha value is -3.43. The topological polar surface area (TPSA) is 126 Å². The molecule has 2 aromatic rings. The highest BCUT2D eigenvalue weighted by Gasteiger charge is 2.26. The highest BCUT2D eigenvalue weighted by molar-refractivity contribution is 7.88. The van der Waals surface area contributed by atoms with Crippen molar-refractivity contribution in [1.29, 1.82) is 0 Å². The van der Waals surface area contributed by atoms with Crippen LogP contribution in [-0.4, -0.2) is 26.6 Å². The van der Waals surface area contributed by atoms with Crippen LogP contribution in [-0.2, 0) is 27.8 Å². The Morgan fingerprint density at radius 2 is 1.25 bits per heavy atom. The van der Waals surface area contributed by atoms with Gasteiger partial charge in [0, 0.05) is 29.2 Å². The smallest absolute Gasteiger partial charge is 0.322 e. The molecule has 3 heterocycles. The Bertz CT molecular complexity index is 1180. The van der Waals surface area contributed by atoms with Gasteiger partial charge in [0.15, 0.2) is 0 Å². The van der Waals surface area contributed by atoms with E-state index >= 15 is 0 Å². The van der Waals surface area contributed by atoms with Crippen LogP contribution in [0.4, 0.5) is 11.4 Å². The fourth-order valence-corrected chi connectivity index (χ4v) is 4.91. The second-order valence-electron chi connectivity index (χ2n) is 9.37. The number of nitrogens with two attached hydrogens (primary N) is 1. The number of para-hydroxylation sites is 2. The quantitative estimate of drug-likeness (QED) is 0.296. The van der Waals surface area contributed by atoms with Gasteiger partial charge in [0.05, 0.1) is 6.04 Å². The normalized spacial score (nSPS) is 17.4. The molecule has 1 unspecified atom stereocenters. The summed E-state index contributed by atoms with van der Waals surface area (Å²) >= 11 is 0. The second-order valence-corrected chi connectivity index (χ2v) is 10.7. The van der Waals surface area contributed by atoms with E-state index in [2.05, 4.69) is 96.0 Å². The number of hydrogen-bond acceptors (Lipinski definition) is 6. The largest absolute Gasteiger partial charge is 0.385 e. The number of nitrogens with zero attached hydrogens (tertiary/aromatic N) is 1. The molecule has 40 heavy (non-hydrogen) atoms. The summed E-state index contributed by atoms with van der Waals surface area (Å²) in [5.74, 6) is 0.155. The third kappa shape index (κ3) is 11.0. The second kappa shape index (κ2) is 17.3. The summed E-state index contributed by atoms with van der Waals surface area (Å²) in [6, 6.07) is 16.6. The lowest BCUT2D eigenvalue weighted by molar-refractivity contribution is -0.107. The first-order valence-corrected chi connectivity index (χ1v) is 14.3. The number of aldehydes is 1. The number of benzene rings is 2. The van der Waals surface area contributed by atoms with Gasteiger partial charge < -0.3 is 21.2 Å². The van der Waals surface area contributed by atoms with E-state index < -0.39 is 10.2 Å². The highest BCUT2D eigenvalue weighted by atomic mass is 32.2. The van der Waals surface area contributed by atoms with Crippen LogP contribution in [0.2, 0.25) is 0 Å². The maximum atomic E-state index is 10.6. The fraction of sp³-hybridized carbons (Fsp3) is 0.419. The van der Waals surface area contributed by atoms with Gasteiger partial charge in [-0.1, -0.05) is 65.1 Å². The Balaban J connectivity index is 0.000000525. The molecule has 0 amide bonds. The minimum atomic E-state index is -3.44. The first-order valence-electron chi connectivity index (χ1n) is 12.8. The molecule has 1 atom stereocenters. The third-order valence-electron chi connectivity index (χ3n) is 6.32. The predicted octanol–water partition coefficient (Wildman–Crippen LogP) is 6.73. The number of fused-ring (bicyclic) bond motifs is 2. The molecule has 0 aromatic heterocycles. The maximum absolute atomic E-state index is 10.6. The summed E-state index contributed by atoms with van der Waals surface area (Å²) in [6.45, 7) is 12.3. The van der Waals surface area contributed by atoms with Crippen LogP contribution in [0.15, 0.2) is 75.5 Å². The van der Waals surface area contributed by atoms with Crippen LogP contribution in [0.1, 0.15) is 80.4 Å². The average Bonchev–Trinajstić information content (AvgIpc) is 3.17. The zero-order valence-corrected chi connectivity index (χ0v) is 24.1. The van der Waals surface area contributed by atoms with E-state index in [9.17, 15) is 13.2 Å². The van der Waals surface area contributed by atoms with E-state index in [-0.39, 0.29) is 26.7 Å². The molecule has 0 saturated carbocycles. The molecule has 8 nitrogen and oxygen atoms in total. The molecular weight excluding hydrogens is 522 g/mol. The van der Waals surface area contributed by atoms with E-state index in [1.807, 2.05) is 13.8 Å². The van der Waals surface area contributed by atoms with E-state index in [1.54, 1.807) is 0 Å². The van der Waals surface area contributed by atoms with Crippen LogP contribution in [0, 0.1) is 0 Å². The van der Waals surface area contributed by atoms with Crippen molar-refractivity contribution in [2.24, 2.45) is 10.1 Å². The van der Waals surface area contributed by atoms with Gasteiger partial charge in [0.2, 0.25) is 0 Å². The SMILES string of the molecule is C.C.CC1=C(C)Nc2ccccc2C1.CC1=C(C)Nc2ccccc2C1.CCC1NS(=O)(=O)N=C1N.CCC=O. The van der Waals surface area contributed by atoms with E-state index in [0.29, 0.717) is 12.8 Å². The molecule has 222 valence electrons. The molecule has 0 fully saturated rings. The summed E-state index contributed by atoms with van der Waals surface area (Å²) < 4.78 is 26.8. The van der Waals surface area contributed by atoms with Crippen LogP contribution >= 0.6 is 0 Å². The zero-order chi connectivity index (χ0) is 28.3. The van der Waals surface area contributed by atoms with Gasteiger partial charge in [-0.25, -0.2) is 0 Å². The van der Waals surface area contributed by atoms with Crippen LogP contribution in [0.25, 0.3) is 0 Å². The summed E-state index contributed by atoms with van der Waals surface area (Å²) in [4.78, 5) is 9.17. The van der Waals surface area contributed by atoms with Gasteiger partial charge in [0.25, 0.3) is 0 Å². The average molecular weight is 572 g/mol. The number of anilines is 2. The molecule has 5 rings (SSSR count).